The van der Waals surface area contributed by atoms with Crippen LogP contribution in [0.2, 0.25) is 0 Å². The fourth-order valence-electron chi connectivity index (χ4n) is 8.99. The summed E-state index contributed by atoms with van der Waals surface area (Å²) in [6.07, 6.45) is 0. The van der Waals surface area contributed by atoms with Gasteiger partial charge in [0.05, 0.1) is 11.4 Å². The molecule has 268 valence electrons. The molecular formula is C54H36N2O. The standard InChI is InChI=1S/C54H36N2O/c1-54(39-17-6-3-7-18-39)46-24-12-10-22-44(46)52-41(23-14-25-47(52)54)35-27-29-36(30-28-35)48-34-49(56-53(55-48)37-15-4-2-5-16-37)42-20-9-8-19-40(42)38-31-32-51-45(33-38)43-21-11-13-26-50(43)57-51/h2-34H,1H3. The number of aromatic nitrogens is 2. The SMILES string of the molecule is CC1(c2ccccc2)c2ccccc2-c2c(-c3ccc(-c4cc(-c5ccccc5-c5ccc6oc7ccccc7c6c5)nc(-c5ccccc5)n4)cc3)cccc21. The van der Waals surface area contributed by atoms with E-state index in [4.69, 9.17) is 14.4 Å². The van der Waals surface area contributed by atoms with Crippen LogP contribution in [0.1, 0.15) is 23.6 Å². The summed E-state index contributed by atoms with van der Waals surface area (Å²) in [6, 6.07) is 71.1. The molecule has 3 heteroatoms. The van der Waals surface area contributed by atoms with E-state index < -0.39 is 0 Å². The van der Waals surface area contributed by atoms with Crippen LogP contribution >= 0.6 is 0 Å². The van der Waals surface area contributed by atoms with E-state index in [1.165, 1.54) is 38.9 Å². The Balaban J connectivity index is 1.03. The maximum Gasteiger partial charge on any atom is 0.160 e. The molecule has 1 aliphatic carbocycles. The van der Waals surface area contributed by atoms with Gasteiger partial charge in [0.15, 0.2) is 5.82 Å². The van der Waals surface area contributed by atoms with Gasteiger partial charge in [-0.25, -0.2) is 9.97 Å². The van der Waals surface area contributed by atoms with Crippen LogP contribution in [0.15, 0.2) is 205 Å². The highest BCUT2D eigenvalue weighted by atomic mass is 16.3. The summed E-state index contributed by atoms with van der Waals surface area (Å²) < 4.78 is 6.17. The molecule has 11 rings (SSSR count). The van der Waals surface area contributed by atoms with Crippen molar-refractivity contribution < 1.29 is 4.42 Å². The van der Waals surface area contributed by atoms with Gasteiger partial charge in [-0.1, -0.05) is 176 Å². The third-order valence-corrected chi connectivity index (χ3v) is 11.8. The van der Waals surface area contributed by atoms with Gasteiger partial charge in [0.2, 0.25) is 0 Å². The number of benzene rings is 8. The van der Waals surface area contributed by atoms with E-state index in [9.17, 15) is 0 Å². The van der Waals surface area contributed by atoms with Gasteiger partial charge < -0.3 is 4.42 Å². The fraction of sp³-hybridized carbons (Fsp3) is 0.0370. The summed E-state index contributed by atoms with van der Waals surface area (Å²) in [4.78, 5) is 10.4. The van der Waals surface area contributed by atoms with Crippen LogP contribution in [-0.2, 0) is 5.41 Å². The van der Waals surface area contributed by atoms with Gasteiger partial charge in [-0.2, -0.15) is 0 Å². The summed E-state index contributed by atoms with van der Waals surface area (Å²) in [5, 5.41) is 2.21. The molecule has 0 saturated heterocycles. The highest BCUT2D eigenvalue weighted by Gasteiger charge is 2.41. The summed E-state index contributed by atoms with van der Waals surface area (Å²) in [5.41, 5.74) is 17.5. The summed E-state index contributed by atoms with van der Waals surface area (Å²) in [7, 11) is 0. The lowest BCUT2D eigenvalue weighted by atomic mass is 9.74. The molecule has 0 bridgehead atoms. The molecule has 0 fully saturated rings. The van der Waals surface area contributed by atoms with Crippen LogP contribution in [-0.4, -0.2) is 9.97 Å². The maximum atomic E-state index is 6.17. The Labute approximate surface area is 331 Å². The van der Waals surface area contributed by atoms with Crippen molar-refractivity contribution in [3.8, 4) is 67.3 Å². The minimum Gasteiger partial charge on any atom is -0.456 e. The first-order valence-corrected chi connectivity index (χ1v) is 19.5. The molecule has 8 aromatic carbocycles. The summed E-state index contributed by atoms with van der Waals surface area (Å²) in [5.74, 6) is 0.691. The van der Waals surface area contributed by atoms with Crippen LogP contribution in [0.25, 0.3) is 89.2 Å². The van der Waals surface area contributed by atoms with E-state index in [1.807, 2.05) is 30.3 Å². The van der Waals surface area contributed by atoms with Crippen molar-refractivity contribution >= 4 is 21.9 Å². The largest absolute Gasteiger partial charge is 0.456 e. The molecule has 1 atom stereocenters. The second-order valence-corrected chi connectivity index (χ2v) is 15.0. The number of para-hydroxylation sites is 1. The lowest BCUT2D eigenvalue weighted by Crippen LogP contribution is -2.22. The van der Waals surface area contributed by atoms with E-state index in [0.29, 0.717) is 5.82 Å². The fourth-order valence-corrected chi connectivity index (χ4v) is 8.99. The first-order valence-electron chi connectivity index (χ1n) is 19.5. The topological polar surface area (TPSA) is 38.9 Å². The van der Waals surface area contributed by atoms with Gasteiger partial charge in [0, 0.05) is 32.9 Å². The van der Waals surface area contributed by atoms with Crippen LogP contribution in [0.3, 0.4) is 0 Å². The highest BCUT2D eigenvalue weighted by molar-refractivity contribution is 6.06. The normalized spacial score (nSPS) is 14.5. The lowest BCUT2D eigenvalue weighted by Gasteiger charge is -2.28. The molecule has 0 aliphatic heterocycles. The molecule has 10 aromatic rings. The van der Waals surface area contributed by atoms with E-state index in [1.54, 1.807) is 0 Å². The second-order valence-electron chi connectivity index (χ2n) is 15.0. The Bertz CT molecular complexity index is 3130. The van der Waals surface area contributed by atoms with Crippen molar-refractivity contribution in [2.45, 2.75) is 12.3 Å². The number of furan rings is 1. The molecule has 2 aromatic heterocycles. The zero-order valence-electron chi connectivity index (χ0n) is 31.4. The quantitative estimate of drug-likeness (QED) is 0.171. The Morgan fingerprint density at radius 3 is 1.81 bits per heavy atom. The van der Waals surface area contributed by atoms with Crippen LogP contribution in [0.4, 0.5) is 0 Å². The highest BCUT2D eigenvalue weighted by Crippen LogP contribution is 2.55. The van der Waals surface area contributed by atoms with E-state index in [-0.39, 0.29) is 5.41 Å². The number of hydrogen-bond acceptors (Lipinski definition) is 3. The Morgan fingerprint density at radius 2 is 0.982 bits per heavy atom. The molecule has 3 nitrogen and oxygen atoms in total. The molecule has 0 saturated carbocycles. The average molecular weight is 729 g/mol. The molecule has 2 heterocycles. The average Bonchev–Trinajstić information content (AvgIpc) is 3.80. The van der Waals surface area contributed by atoms with Gasteiger partial charge >= 0.3 is 0 Å². The van der Waals surface area contributed by atoms with E-state index in [0.717, 1.165) is 61.1 Å². The van der Waals surface area contributed by atoms with Crippen LogP contribution < -0.4 is 0 Å². The molecule has 0 radical (unpaired) electrons. The monoisotopic (exact) mass is 728 g/mol. The van der Waals surface area contributed by atoms with E-state index >= 15 is 0 Å². The predicted molar refractivity (Wildman–Crippen MR) is 234 cm³/mol. The van der Waals surface area contributed by atoms with Gasteiger partial charge in [-0.05, 0) is 81.3 Å². The minimum absolute atomic E-state index is 0.247. The molecule has 0 spiro atoms. The number of rotatable bonds is 6. The van der Waals surface area contributed by atoms with Gasteiger partial charge in [-0.3, -0.25) is 0 Å². The predicted octanol–water partition coefficient (Wildman–Crippen LogP) is 14.0. The number of nitrogens with zero attached hydrogens (tertiary/aromatic N) is 2. The van der Waals surface area contributed by atoms with Gasteiger partial charge in [0.25, 0.3) is 0 Å². The Hall–Kier alpha value is -7.36. The first kappa shape index (κ1) is 33.0. The third-order valence-electron chi connectivity index (χ3n) is 11.8. The van der Waals surface area contributed by atoms with Gasteiger partial charge in [-0.15, -0.1) is 0 Å². The summed E-state index contributed by atoms with van der Waals surface area (Å²) >= 11 is 0. The first-order chi connectivity index (χ1) is 28.1. The second kappa shape index (κ2) is 13.1. The molecule has 0 amide bonds. The Morgan fingerprint density at radius 1 is 0.386 bits per heavy atom. The molecular weight excluding hydrogens is 693 g/mol. The lowest BCUT2D eigenvalue weighted by molar-refractivity contribution is 0.669. The third kappa shape index (κ3) is 5.35. The smallest absolute Gasteiger partial charge is 0.160 e. The minimum atomic E-state index is -0.247. The van der Waals surface area contributed by atoms with Crippen molar-refractivity contribution in [2.75, 3.05) is 0 Å². The van der Waals surface area contributed by atoms with Crippen molar-refractivity contribution in [3.05, 3.63) is 217 Å². The van der Waals surface area contributed by atoms with Crippen LogP contribution in [0, 0.1) is 0 Å². The van der Waals surface area contributed by atoms with Crippen molar-refractivity contribution in [2.24, 2.45) is 0 Å². The Kier molecular flexibility index (Phi) is 7.61. The van der Waals surface area contributed by atoms with Crippen molar-refractivity contribution in [3.63, 3.8) is 0 Å². The zero-order chi connectivity index (χ0) is 37.9. The zero-order valence-corrected chi connectivity index (χ0v) is 31.4. The van der Waals surface area contributed by atoms with Gasteiger partial charge in [0.1, 0.15) is 11.2 Å². The molecule has 57 heavy (non-hydrogen) atoms. The van der Waals surface area contributed by atoms with Crippen LogP contribution in [0.5, 0.6) is 0 Å². The molecule has 1 aliphatic rings. The van der Waals surface area contributed by atoms with Crippen molar-refractivity contribution in [1.29, 1.82) is 0 Å². The van der Waals surface area contributed by atoms with E-state index in [2.05, 4.69) is 177 Å². The number of hydrogen-bond donors (Lipinski definition) is 0. The molecule has 0 N–H and O–H groups in total. The maximum absolute atomic E-state index is 6.17. The summed E-state index contributed by atoms with van der Waals surface area (Å²) in [6.45, 7) is 2.37. The number of fused-ring (bicyclic) bond motifs is 6. The molecule has 1 unspecified atom stereocenters. The van der Waals surface area contributed by atoms with Crippen molar-refractivity contribution in [1.82, 2.24) is 9.97 Å².